The van der Waals surface area contributed by atoms with Crippen molar-refractivity contribution in [2.24, 2.45) is 0 Å². The topological polar surface area (TPSA) is 76.0 Å². The smallest absolute Gasteiger partial charge is 0.277 e. The predicted molar refractivity (Wildman–Crippen MR) is 126 cm³/mol. The molecule has 32 heavy (non-hydrogen) atoms. The standard InChI is InChI=1S/C25H32N5O2/c1-17-22-23(30(28-17)19-9-5-3-6-10-19)25(31)27-24(26-22)20-12-11-18(15-21(20)32-2)16-29-13-7-4-8-14-29/h4,11-12,15,19H,3,5-10,13-14,16H2,1-2H3,(H,26,27,31). The SMILES string of the molecule is COc1cc(CN2CC[CH]CC2)ccc1-c1nc2c(C)nn(C3CCCCC3)c2c(=O)[nH]1. The average molecular weight is 435 g/mol. The second-order valence-electron chi connectivity index (χ2n) is 9.11. The molecule has 5 rings (SSSR count). The van der Waals surface area contributed by atoms with Gasteiger partial charge in [0.25, 0.3) is 5.56 Å². The van der Waals surface area contributed by atoms with Gasteiger partial charge in [-0.1, -0.05) is 25.3 Å². The fourth-order valence-corrected chi connectivity index (χ4v) is 5.16. The molecule has 0 spiro atoms. The summed E-state index contributed by atoms with van der Waals surface area (Å²) in [6, 6.07) is 6.47. The van der Waals surface area contributed by atoms with Crippen LogP contribution in [-0.4, -0.2) is 44.8 Å². The van der Waals surface area contributed by atoms with Crippen LogP contribution in [0.4, 0.5) is 0 Å². The summed E-state index contributed by atoms with van der Waals surface area (Å²) in [5.74, 6) is 1.26. The zero-order valence-electron chi connectivity index (χ0n) is 19.1. The molecule has 1 aromatic carbocycles. The summed E-state index contributed by atoms with van der Waals surface area (Å²) in [5.41, 5.74) is 3.95. The fraction of sp³-hybridized carbons (Fsp3) is 0.520. The Morgan fingerprint density at radius 1 is 1.16 bits per heavy atom. The second-order valence-corrected chi connectivity index (χ2v) is 9.11. The van der Waals surface area contributed by atoms with Crippen molar-refractivity contribution in [2.75, 3.05) is 20.2 Å². The molecule has 1 radical (unpaired) electrons. The maximum absolute atomic E-state index is 13.2. The number of H-pyrrole nitrogens is 1. The number of hydrogen-bond donors (Lipinski definition) is 1. The summed E-state index contributed by atoms with van der Waals surface area (Å²) in [7, 11) is 1.67. The molecule has 2 fully saturated rings. The number of hydrogen-bond acceptors (Lipinski definition) is 5. The normalized spacial score (nSPS) is 18.3. The maximum Gasteiger partial charge on any atom is 0.277 e. The van der Waals surface area contributed by atoms with E-state index in [1.807, 2.05) is 17.7 Å². The number of aromatic amines is 1. The molecule has 3 aromatic rings. The molecular weight excluding hydrogens is 402 g/mol. The highest BCUT2D eigenvalue weighted by molar-refractivity contribution is 5.79. The maximum atomic E-state index is 13.2. The van der Waals surface area contributed by atoms with Gasteiger partial charge in [0.05, 0.1) is 24.4 Å². The highest BCUT2D eigenvalue weighted by Gasteiger charge is 2.23. The van der Waals surface area contributed by atoms with E-state index < -0.39 is 0 Å². The number of fused-ring (bicyclic) bond motifs is 1. The average Bonchev–Trinajstić information content (AvgIpc) is 3.17. The third-order valence-corrected chi connectivity index (χ3v) is 6.87. The number of aryl methyl sites for hydroxylation is 1. The zero-order valence-corrected chi connectivity index (χ0v) is 19.1. The number of rotatable bonds is 5. The van der Waals surface area contributed by atoms with Crippen molar-refractivity contribution in [3.05, 3.63) is 46.2 Å². The van der Waals surface area contributed by atoms with Gasteiger partial charge in [-0.3, -0.25) is 14.4 Å². The number of likely N-dealkylation sites (tertiary alicyclic amines) is 1. The van der Waals surface area contributed by atoms with E-state index >= 15 is 0 Å². The molecule has 1 aliphatic carbocycles. The van der Waals surface area contributed by atoms with Gasteiger partial charge in [0.15, 0.2) is 5.52 Å². The Morgan fingerprint density at radius 3 is 2.69 bits per heavy atom. The lowest BCUT2D eigenvalue weighted by Gasteiger charge is -2.26. The number of ether oxygens (including phenoxy) is 1. The van der Waals surface area contributed by atoms with Gasteiger partial charge in [-0.05, 0) is 69.8 Å². The van der Waals surface area contributed by atoms with Crippen molar-refractivity contribution >= 4 is 11.0 Å². The molecular formula is C25H32N5O2. The van der Waals surface area contributed by atoms with Gasteiger partial charge in [-0.2, -0.15) is 5.10 Å². The number of piperidine rings is 1. The first kappa shape index (κ1) is 21.2. The lowest BCUT2D eigenvalue weighted by Crippen LogP contribution is -2.29. The molecule has 0 amide bonds. The molecule has 1 N–H and O–H groups in total. The van der Waals surface area contributed by atoms with E-state index in [9.17, 15) is 4.79 Å². The molecule has 3 heterocycles. The molecule has 2 aromatic heterocycles. The molecule has 169 valence electrons. The largest absolute Gasteiger partial charge is 0.496 e. The van der Waals surface area contributed by atoms with Crippen molar-refractivity contribution in [3.8, 4) is 17.1 Å². The summed E-state index contributed by atoms with van der Waals surface area (Å²) >= 11 is 0. The van der Waals surface area contributed by atoms with E-state index in [2.05, 4.69) is 28.4 Å². The van der Waals surface area contributed by atoms with Gasteiger partial charge in [0.2, 0.25) is 0 Å². The Balaban J connectivity index is 1.50. The minimum atomic E-state index is -0.133. The van der Waals surface area contributed by atoms with Gasteiger partial charge in [0.1, 0.15) is 17.1 Å². The van der Waals surface area contributed by atoms with Crippen molar-refractivity contribution < 1.29 is 4.74 Å². The van der Waals surface area contributed by atoms with Crippen LogP contribution < -0.4 is 10.3 Å². The summed E-state index contributed by atoms with van der Waals surface area (Å²) in [6.45, 7) is 5.04. The van der Waals surface area contributed by atoms with Gasteiger partial charge < -0.3 is 9.72 Å². The quantitative estimate of drug-likeness (QED) is 0.644. The van der Waals surface area contributed by atoms with Crippen LogP contribution >= 0.6 is 0 Å². The summed E-state index contributed by atoms with van der Waals surface area (Å²) in [5, 5.41) is 4.73. The van der Waals surface area contributed by atoms with Crippen LogP contribution in [0.2, 0.25) is 0 Å². The van der Waals surface area contributed by atoms with Gasteiger partial charge in [0, 0.05) is 6.54 Å². The Hall–Kier alpha value is -2.67. The predicted octanol–water partition coefficient (Wildman–Crippen LogP) is 4.41. The molecule has 0 bridgehead atoms. The van der Waals surface area contributed by atoms with Crippen LogP contribution in [0, 0.1) is 13.3 Å². The van der Waals surface area contributed by atoms with E-state index in [0.717, 1.165) is 62.3 Å². The van der Waals surface area contributed by atoms with Crippen molar-refractivity contribution in [2.45, 2.75) is 64.5 Å². The number of nitrogens with zero attached hydrogens (tertiary/aromatic N) is 4. The number of nitrogens with one attached hydrogen (secondary N) is 1. The summed E-state index contributed by atoms with van der Waals surface area (Å²) < 4.78 is 7.63. The Bertz CT molecular complexity index is 1150. The fourth-order valence-electron chi connectivity index (χ4n) is 5.16. The molecule has 0 atom stereocenters. The van der Waals surface area contributed by atoms with Gasteiger partial charge >= 0.3 is 0 Å². The van der Waals surface area contributed by atoms with E-state index in [4.69, 9.17) is 14.8 Å². The van der Waals surface area contributed by atoms with Crippen LogP contribution in [0.25, 0.3) is 22.4 Å². The first-order valence-electron chi connectivity index (χ1n) is 11.8. The number of aromatic nitrogens is 4. The molecule has 1 saturated heterocycles. The Labute approximate surface area is 188 Å². The van der Waals surface area contributed by atoms with Crippen LogP contribution in [-0.2, 0) is 6.54 Å². The van der Waals surface area contributed by atoms with E-state index in [1.54, 1.807) is 7.11 Å². The molecule has 1 saturated carbocycles. The minimum Gasteiger partial charge on any atom is -0.496 e. The first-order valence-corrected chi connectivity index (χ1v) is 11.8. The van der Waals surface area contributed by atoms with E-state index in [-0.39, 0.29) is 11.6 Å². The monoisotopic (exact) mass is 434 g/mol. The third-order valence-electron chi connectivity index (χ3n) is 6.87. The summed E-state index contributed by atoms with van der Waals surface area (Å²) in [4.78, 5) is 23.5. The highest BCUT2D eigenvalue weighted by atomic mass is 16.5. The molecule has 7 heteroatoms. The number of benzene rings is 1. The molecule has 0 unspecified atom stereocenters. The zero-order chi connectivity index (χ0) is 22.1. The molecule has 2 aliphatic rings. The van der Waals surface area contributed by atoms with Crippen LogP contribution in [0.3, 0.4) is 0 Å². The van der Waals surface area contributed by atoms with Crippen molar-refractivity contribution in [1.29, 1.82) is 0 Å². The van der Waals surface area contributed by atoms with Crippen LogP contribution in [0.5, 0.6) is 5.75 Å². The third kappa shape index (κ3) is 4.06. The lowest BCUT2D eigenvalue weighted by atomic mass is 9.95. The molecule has 1 aliphatic heterocycles. The Morgan fingerprint density at radius 2 is 1.94 bits per heavy atom. The first-order chi connectivity index (χ1) is 15.6. The van der Waals surface area contributed by atoms with Crippen molar-refractivity contribution in [3.63, 3.8) is 0 Å². The van der Waals surface area contributed by atoms with E-state index in [0.29, 0.717) is 16.9 Å². The lowest BCUT2D eigenvalue weighted by molar-refractivity contribution is 0.245. The Kier molecular flexibility index (Phi) is 6.00. The van der Waals surface area contributed by atoms with Gasteiger partial charge in [-0.15, -0.1) is 0 Å². The van der Waals surface area contributed by atoms with Crippen LogP contribution in [0.1, 0.15) is 62.2 Å². The van der Waals surface area contributed by atoms with Gasteiger partial charge in [-0.25, -0.2) is 4.98 Å². The minimum absolute atomic E-state index is 0.133. The highest BCUT2D eigenvalue weighted by Crippen LogP contribution is 2.32. The summed E-state index contributed by atoms with van der Waals surface area (Å²) in [6.07, 6.45) is 10.4. The second kappa shape index (κ2) is 9.06. The van der Waals surface area contributed by atoms with E-state index in [1.165, 1.54) is 24.8 Å². The number of methoxy groups -OCH3 is 1. The van der Waals surface area contributed by atoms with Crippen LogP contribution in [0.15, 0.2) is 23.0 Å². The molecule has 7 nitrogen and oxygen atoms in total. The van der Waals surface area contributed by atoms with Crippen molar-refractivity contribution in [1.82, 2.24) is 24.6 Å².